The lowest BCUT2D eigenvalue weighted by Gasteiger charge is -2.12. The number of hydrogen-bond acceptors (Lipinski definition) is 5. The zero-order chi connectivity index (χ0) is 23.8. The maximum Gasteiger partial charge on any atom is 0.271 e. The minimum Gasteiger partial charge on any atom is -0.493 e. The summed E-state index contributed by atoms with van der Waals surface area (Å²) in [6.45, 7) is 2.38. The Kier molecular flexibility index (Phi) is 8.85. The molecule has 172 valence electrons. The summed E-state index contributed by atoms with van der Waals surface area (Å²) in [5.74, 6) is 0.695. The lowest BCUT2D eigenvalue weighted by Crippen LogP contribution is -2.17. The van der Waals surface area contributed by atoms with Crippen LogP contribution in [0.3, 0.4) is 0 Å². The summed E-state index contributed by atoms with van der Waals surface area (Å²) in [5, 5.41) is 4.06. The van der Waals surface area contributed by atoms with Crippen molar-refractivity contribution in [2.75, 3.05) is 13.7 Å². The molecule has 1 amide bonds. The summed E-state index contributed by atoms with van der Waals surface area (Å²) in [6.07, 6.45) is 1.45. The maximum absolute atomic E-state index is 13.9. The molecule has 0 bridgehead atoms. The number of nitrogens with one attached hydrogen (secondary N) is 1. The maximum atomic E-state index is 13.9. The highest BCUT2D eigenvalue weighted by atomic mass is 79.9. The van der Waals surface area contributed by atoms with Crippen molar-refractivity contribution < 1.29 is 23.4 Å². The third-order valence-electron chi connectivity index (χ3n) is 4.46. The average molecular weight is 580 g/mol. The average Bonchev–Trinajstić information content (AvgIpc) is 2.79. The van der Waals surface area contributed by atoms with E-state index in [1.54, 1.807) is 48.5 Å². The Morgan fingerprint density at radius 1 is 1.09 bits per heavy atom. The number of hydrazone groups is 1. The summed E-state index contributed by atoms with van der Waals surface area (Å²) < 4.78 is 32.0. The number of ether oxygens (including phenoxy) is 3. The molecular weight excluding hydrogens is 559 g/mol. The van der Waals surface area contributed by atoms with E-state index < -0.39 is 5.91 Å². The Hall–Kier alpha value is -2.91. The van der Waals surface area contributed by atoms with Crippen molar-refractivity contribution in [3.05, 3.63) is 86.1 Å². The molecule has 3 aromatic rings. The van der Waals surface area contributed by atoms with Gasteiger partial charge in [-0.05, 0) is 59.3 Å². The second-order valence-corrected chi connectivity index (χ2v) is 8.45. The Bertz CT molecular complexity index is 1170. The smallest absolute Gasteiger partial charge is 0.271 e. The predicted octanol–water partition coefficient (Wildman–Crippen LogP) is 6.10. The summed E-state index contributed by atoms with van der Waals surface area (Å²) in [4.78, 5) is 12.5. The molecule has 3 rings (SSSR count). The van der Waals surface area contributed by atoms with Gasteiger partial charge < -0.3 is 14.2 Å². The number of carbonyl (C=O) groups excluding carboxylic acids is 1. The SMILES string of the molecule is CCOc1ccc(C(=O)N/N=C/c2cc(Br)cc(Br)c2OCc2ccccc2F)cc1OC. The van der Waals surface area contributed by atoms with Gasteiger partial charge >= 0.3 is 0 Å². The molecule has 0 aliphatic heterocycles. The molecule has 6 nitrogen and oxygen atoms in total. The number of halogens is 3. The van der Waals surface area contributed by atoms with Crippen LogP contribution in [0.5, 0.6) is 17.2 Å². The molecule has 0 aliphatic rings. The van der Waals surface area contributed by atoms with Crippen LogP contribution in [0.4, 0.5) is 4.39 Å². The van der Waals surface area contributed by atoms with E-state index in [9.17, 15) is 9.18 Å². The van der Waals surface area contributed by atoms with Crippen molar-refractivity contribution >= 4 is 44.0 Å². The topological polar surface area (TPSA) is 69.2 Å². The van der Waals surface area contributed by atoms with Gasteiger partial charge in [-0.25, -0.2) is 9.82 Å². The van der Waals surface area contributed by atoms with Crippen LogP contribution in [0.2, 0.25) is 0 Å². The monoisotopic (exact) mass is 578 g/mol. The van der Waals surface area contributed by atoms with Gasteiger partial charge in [-0.15, -0.1) is 0 Å². The molecule has 0 saturated heterocycles. The fraction of sp³-hybridized carbons (Fsp3) is 0.167. The summed E-state index contributed by atoms with van der Waals surface area (Å²) in [7, 11) is 1.51. The third-order valence-corrected chi connectivity index (χ3v) is 5.51. The number of amides is 1. The van der Waals surface area contributed by atoms with Gasteiger partial charge in [0.2, 0.25) is 0 Å². The molecule has 33 heavy (non-hydrogen) atoms. The molecular formula is C24H21Br2FN2O4. The molecule has 0 spiro atoms. The largest absolute Gasteiger partial charge is 0.493 e. The first-order valence-corrected chi connectivity index (χ1v) is 11.5. The van der Waals surface area contributed by atoms with E-state index in [4.69, 9.17) is 14.2 Å². The first-order chi connectivity index (χ1) is 15.9. The second-order valence-electron chi connectivity index (χ2n) is 6.68. The highest BCUT2D eigenvalue weighted by Gasteiger charge is 2.13. The molecule has 3 aromatic carbocycles. The molecule has 0 aromatic heterocycles. The number of hydrogen-bond donors (Lipinski definition) is 1. The van der Waals surface area contributed by atoms with Crippen molar-refractivity contribution in [1.29, 1.82) is 0 Å². The number of carbonyl (C=O) groups is 1. The van der Waals surface area contributed by atoms with Gasteiger partial charge in [0, 0.05) is 21.2 Å². The van der Waals surface area contributed by atoms with Crippen LogP contribution in [0.1, 0.15) is 28.4 Å². The van der Waals surface area contributed by atoms with Gasteiger partial charge in [0.15, 0.2) is 11.5 Å². The van der Waals surface area contributed by atoms with Crippen molar-refractivity contribution in [2.24, 2.45) is 5.10 Å². The highest BCUT2D eigenvalue weighted by Crippen LogP contribution is 2.33. The predicted molar refractivity (Wildman–Crippen MR) is 132 cm³/mol. The van der Waals surface area contributed by atoms with Gasteiger partial charge in [-0.1, -0.05) is 34.1 Å². The Labute approximate surface area is 208 Å². The van der Waals surface area contributed by atoms with E-state index in [2.05, 4.69) is 42.4 Å². The lowest BCUT2D eigenvalue weighted by molar-refractivity contribution is 0.0954. The van der Waals surface area contributed by atoms with Gasteiger partial charge in [-0.2, -0.15) is 5.10 Å². The number of nitrogens with zero attached hydrogens (tertiary/aromatic N) is 1. The minimum atomic E-state index is -0.421. The molecule has 9 heteroatoms. The summed E-state index contributed by atoms with van der Waals surface area (Å²) >= 11 is 6.89. The van der Waals surface area contributed by atoms with Crippen LogP contribution < -0.4 is 19.6 Å². The van der Waals surface area contributed by atoms with Crippen molar-refractivity contribution in [3.8, 4) is 17.2 Å². The van der Waals surface area contributed by atoms with Gasteiger partial charge in [0.25, 0.3) is 5.91 Å². The number of rotatable bonds is 9. The first kappa shape index (κ1) is 24.7. The van der Waals surface area contributed by atoms with Crippen molar-refractivity contribution in [1.82, 2.24) is 5.43 Å². The van der Waals surface area contributed by atoms with Gasteiger partial charge in [0.1, 0.15) is 18.2 Å². The van der Waals surface area contributed by atoms with Crippen LogP contribution in [-0.2, 0) is 6.61 Å². The fourth-order valence-corrected chi connectivity index (χ4v) is 4.28. The number of benzene rings is 3. The van der Waals surface area contributed by atoms with E-state index >= 15 is 0 Å². The van der Waals surface area contributed by atoms with Crippen LogP contribution >= 0.6 is 31.9 Å². The van der Waals surface area contributed by atoms with E-state index in [1.807, 2.05) is 6.92 Å². The summed E-state index contributed by atoms with van der Waals surface area (Å²) in [5.41, 5.74) is 3.85. The molecule has 0 atom stereocenters. The molecule has 0 unspecified atom stereocenters. The fourth-order valence-electron chi connectivity index (χ4n) is 2.90. The second kappa shape index (κ2) is 11.8. The normalized spacial score (nSPS) is 10.8. The minimum absolute atomic E-state index is 0.0338. The lowest BCUT2D eigenvalue weighted by atomic mass is 10.2. The van der Waals surface area contributed by atoms with Crippen molar-refractivity contribution in [3.63, 3.8) is 0 Å². The van der Waals surface area contributed by atoms with Crippen LogP contribution in [0.15, 0.2) is 68.6 Å². The van der Waals surface area contributed by atoms with Crippen LogP contribution in [0.25, 0.3) is 0 Å². The molecule has 0 saturated carbocycles. The van der Waals surface area contributed by atoms with E-state index in [1.165, 1.54) is 19.4 Å². The third kappa shape index (κ3) is 6.55. The highest BCUT2D eigenvalue weighted by molar-refractivity contribution is 9.11. The molecule has 1 N–H and O–H groups in total. The summed E-state index contributed by atoms with van der Waals surface area (Å²) in [6, 6.07) is 14.8. The number of methoxy groups -OCH3 is 1. The van der Waals surface area contributed by atoms with Gasteiger partial charge in [0.05, 0.1) is 24.4 Å². The zero-order valence-corrected chi connectivity index (χ0v) is 21.1. The molecule has 0 fully saturated rings. The zero-order valence-electron chi connectivity index (χ0n) is 17.9. The van der Waals surface area contributed by atoms with E-state index in [0.717, 1.165) is 4.47 Å². The molecule has 0 radical (unpaired) electrons. The van der Waals surface area contributed by atoms with E-state index in [0.29, 0.717) is 45.0 Å². The van der Waals surface area contributed by atoms with Crippen LogP contribution in [0, 0.1) is 5.82 Å². The van der Waals surface area contributed by atoms with Gasteiger partial charge in [-0.3, -0.25) is 4.79 Å². The Morgan fingerprint density at radius 2 is 1.88 bits per heavy atom. The Balaban J connectivity index is 1.75. The van der Waals surface area contributed by atoms with E-state index in [-0.39, 0.29) is 12.4 Å². The molecule has 0 heterocycles. The quantitative estimate of drug-likeness (QED) is 0.246. The Morgan fingerprint density at radius 3 is 2.61 bits per heavy atom. The van der Waals surface area contributed by atoms with Crippen LogP contribution in [-0.4, -0.2) is 25.8 Å². The standard InChI is InChI=1S/C24H21Br2FN2O4/c1-3-32-21-9-8-15(11-22(21)31-2)24(30)29-28-13-17-10-18(25)12-19(26)23(17)33-14-16-6-4-5-7-20(16)27/h4-13H,3,14H2,1-2H3,(H,29,30)/b28-13+. The first-order valence-electron chi connectivity index (χ1n) is 9.92. The van der Waals surface area contributed by atoms with Crippen molar-refractivity contribution in [2.45, 2.75) is 13.5 Å². The molecule has 0 aliphatic carbocycles.